The van der Waals surface area contributed by atoms with Crippen LogP contribution in [0.5, 0.6) is 5.75 Å². The van der Waals surface area contributed by atoms with Gasteiger partial charge in [-0.05, 0) is 6.07 Å². The predicted octanol–water partition coefficient (Wildman–Crippen LogP) is 1.44. The van der Waals surface area contributed by atoms with E-state index in [9.17, 15) is 18.4 Å². The first-order chi connectivity index (χ1) is 10.1. The number of thioether (sulfide) groups is 1. The van der Waals surface area contributed by atoms with Crippen molar-refractivity contribution in [1.82, 2.24) is 10.2 Å². The number of hydrogen-bond acceptors (Lipinski definition) is 4. The number of carbonyl (C=O) groups is 2. The zero-order chi connectivity index (χ0) is 15.2. The van der Waals surface area contributed by atoms with E-state index in [-0.39, 0.29) is 30.7 Å². The van der Waals surface area contributed by atoms with Crippen molar-refractivity contribution < 1.29 is 23.1 Å². The molecule has 5 nitrogen and oxygen atoms in total. The molecule has 0 atom stereocenters. The minimum absolute atomic E-state index is 0.0241. The molecule has 2 amide bonds. The number of ether oxygens (including phenoxy) is 1. The van der Waals surface area contributed by atoms with Crippen molar-refractivity contribution in [3.8, 4) is 5.75 Å². The molecule has 21 heavy (non-hydrogen) atoms. The largest absolute Gasteiger partial charge is 0.434 e. The van der Waals surface area contributed by atoms with Crippen LogP contribution in [0.2, 0.25) is 0 Å². The molecule has 1 N–H and O–H groups in total. The molecule has 0 radical (unpaired) electrons. The van der Waals surface area contributed by atoms with Gasteiger partial charge in [0.15, 0.2) is 0 Å². The number of benzene rings is 1. The summed E-state index contributed by atoms with van der Waals surface area (Å²) in [6.07, 6.45) is 0. The summed E-state index contributed by atoms with van der Waals surface area (Å²) in [7, 11) is 0. The van der Waals surface area contributed by atoms with Crippen molar-refractivity contribution in [3.63, 3.8) is 0 Å². The lowest BCUT2D eigenvalue weighted by atomic mass is 10.2. The number of halogens is 2. The Morgan fingerprint density at radius 3 is 2.86 bits per heavy atom. The van der Waals surface area contributed by atoms with E-state index in [0.717, 1.165) is 0 Å². The minimum atomic E-state index is -2.92. The molecule has 0 unspecified atom stereocenters. The van der Waals surface area contributed by atoms with E-state index >= 15 is 0 Å². The second kappa shape index (κ2) is 7.26. The number of rotatable bonds is 6. The van der Waals surface area contributed by atoms with Crippen LogP contribution in [-0.2, 0) is 16.1 Å². The van der Waals surface area contributed by atoms with E-state index in [1.165, 1.54) is 22.7 Å². The van der Waals surface area contributed by atoms with Gasteiger partial charge in [-0.15, -0.1) is 11.8 Å². The molecule has 0 aromatic heterocycles. The molecule has 1 aromatic rings. The highest BCUT2D eigenvalue weighted by molar-refractivity contribution is 8.00. The Kier molecular flexibility index (Phi) is 5.38. The van der Waals surface area contributed by atoms with Crippen LogP contribution in [0.3, 0.4) is 0 Å². The average molecular weight is 316 g/mol. The monoisotopic (exact) mass is 316 g/mol. The van der Waals surface area contributed by atoms with E-state index in [4.69, 9.17) is 0 Å². The van der Waals surface area contributed by atoms with Crippen molar-refractivity contribution in [2.24, 2.45) is 0 Å². The lowest BCUT2D eigenvalue weighted by Crippen LogP contribution is -2.37. The maximum atomic E-state index is 12.3. The molecule has 1 heterocycles. The van der Waals surface area contributed by atoms with E-state index < -0.39 is 6.61 Å². The number of amides is 2. The van der Waals surface area contributed by atoms with Crippen LogP contribution in [-0.4, -0.2) is 41.5 Å². The second-order valence-corrected chi connectivity index (χ2v) is 5.29. The van der Waals surface area contributed by atoms with Gasteiger partial charge in [-0.25, -0.2) is 0 Å². The van der Waals surface area contributed by atoms with E-state index in [1.54, 1.807) is 18.2 Å². The number of para-hydroxylation sites is 1. The van der Waals surface area contributed by atoms with Crippen LogP contribution in [0.4, 0.5) is 8.78 Å². The quantitative estimate of drug-likeness (QED) is 0.863. The Labute approximate surface area is 124 Å². The fraction of sp³-hybridized carbons (Fsp3) is 0.385. The van der Waals surface area contributed by atoms with Gasteiger partial charge in [0.2, 0.25) is 11.8 Å². The first-order valence-corrected chi connectivity index (χ1v) is 7.36. The maximum Gasteiger partial charge on any atom is 0.387 e. The van der Waals surface area contributed by atoms with Gasteiger partial charge in [-0.3, -0.25) is 9.59 Å². The van der Waals surface area contributed by atoms with Gasteiger partial charge in [0.1, 0.15) is 12.3 Å². The molecule has 1 saturated heterocycles. The second-order valence-electron chi connectivity index (χ2n) is 4.33. The van der Waals surface area contributed by atoms with Gasteiger partial charge in [0, 0.05) is 12.1 Å². The molecule has 2 rings (SSSR count). The van der Waals surface area contributed by atoms with Crippen LogP contribution >= 0.6 is 11.8 Å². The van der Waals surface area contributed by atoms with Crippen molar-refractivity contribution in [3.05, 3.63) is 29.8 Å². The highest BCUT2D eigenvalue weighted by atomic mass is 32.2. The van der Waals surface area contributed by atoms with Crippen LogP contribution in [0.25, 0.3) is 0 Å². The molecule has 1 aliphatic rings. The number of hydrogen-bond donors (Lipinski definition) is 1. The Morgan fingerprint density at radius 2 is 2.19 bits per heavy atom. The van der Waals surface area contributed by atoms with Gasteiger partial charge < -0.3 is 15.0 Å². The van der Waals surface area contributed by atoms with E-state index in [1.807, 2.05) is 0 Å². The number of nitrogens with zero attached hydrogens (tertiary/aromatic N) is 1. The lowest BCUT2D eigenvalue weighted by Gasteiger charge is -2.15. The summed E-state index contributed by atoms with van der Waals surface area (Å²) in [5.74, 6) is 0.505. The summed E-state index contributed by atoms with van der Waals surface area (Å²) in [6, 6.07) is 6.24. The van der Waals surface area contributed by atoms with Gasteiger partial charge in [0.05, 0.1) is 11.6 Å². The summed E-state index contributed by atoms with van der Waals surface area (Å²) >= 11 is 1.45. The fourth-order valence-corrected chi connectivity index (χ4v) is 2.73. The Balaban J connectivity index is 1.87. The number of nitrogens with one attached hydrogen (secondary N) is 1. The molecular formula is C13H14F2N2O3S. The third-order valence-corrected chi connectivity index (χ3v) is 3.77. The van der Waals surface area contributed by atoms with Crippen LogP contribution in [0.1, 0.15) is 5.56 Å². The van der Waals surface area contributed by atoms with Crippen molar-refractivity contribution >= 4 is 23.6 Å². The molecule has 0 aliphatic carbocycles. The molecule has 1 aliphatic heterocycles. The van der Waals surface area contributed by atoms with Crippen LogP contribution in [0.15, 0.2) is 24.3 Å². The zero-order valence-electron chi connectivity index (χ0n) is 11.1. The first-order valence-electron chi connectivity index (χ1n) is 6.21. The molecule has 8 heteroatoms. The molecule has 1 aromatic carbocycles. The Morgan fingerprint density at radius 1 is 1.43 bits per heavy atom. The predicted molar refractivity (Wildman–Crippen MR) is 74.0 cm³/mol. The summed E-state index contributed by atoms with van der Waals surface area (Å²) in [5, 5.41) is 2.59. The summed E-state index contributed by atoms with van der Waals surface area (Å²) in [4.78, 5) is 24.6. The van der Waals surface area contributed by atoms with E-state index in [0.29, 0.717) is 17.2 Å². The molecule has 114 valence electrons. The van der Waals surface area contributed by atoms with Crippen LogP contribution in [0, 0.1) is 0 Å². The lowest BCUT2D eigenvalue weighted by molar-refractivity contribution is -0.132. The standard InChI is InChI=1S/C13H14F2N2O3S/c14-13(15)20-10-4-2-1-3-9(10)5-16-11(18)6-17-8-21-7-12(17)19/h1-4,13H,5-8H2,(H,16,18). The van der Waals surface area contributed by atoms with Crippen LogP contribution < -0.4 is 10.1 Å². The van der Waals surface area contributed by atoms with Crippen molar-refractivity contribution in [2.45, 2.75) is 13.2 Å². The zero-order valence-corrected chi connectivity index (χ0v) is 11.9. The third-order valence-electron chi connectivity index (χ3n) is 2.82. The van der Waals surface area contributed by atoms with Gasteiger partial charge >= 0.3 is 6.61 Å². The highest BCUT2D eigenvalue weighted by Crippen LogP contribution is 2.20. The van der Waals surface area contributed by atoms with Crippen molar-refractivity contribution in [1.29, 1.82) is 0 Å². The highest BCUT2D eigenvalue weighted by Gasteiger charge is 2.22. The third kappa shape index (κ3) is 4.59. The molecular weight excluding hydrogens is 302 g/mol. The van der Waals surface area contributed by atoms with Crippen molar-refractivity contribution in [2.75, 3.05) is 18.2 Å². The topological polar surface area (TPSA) is 58.6 Å². The molecule has 1 fully saturated rings. The molecule has 0 bridgehead atoms. The number of carbonyl (C=O) groups excluding carboxylic acids is 2. The van der Waals surface area contributed by atoms with Gasteiger partial charge in [0.25, 0.3) is 0 Å². The normalized spacial score (nSPS) is 14.6. The average Bonchev–Trinajstić information content (AvgIpc) is 2.83. The minimum Gasteiger partial charge on any atom is -0.434 e. The maximum absolute atomic E-state index is 12.3. The van der Waals surface area contributed by atoms with E-state index in [2.05, 4.69) is 10.1 Å². The molecule has 0 saturated carbocycles. The first kappa shape index (κ1) is 15.6. The smallest absolute Gasteiger partial charge is 0.387 e. The summed E-state index contributed by atoms with van der Waals surface area (Å²) in [5.41, 5.74) is 0.452. The van der Waals surface area contributed by atoms with Gasteiger partial charge in [-0.1, -0.05) is 18.2 Å². The Bertz CT molecular complexity index is 528. The Hall–Kier alpha value is -1.83. The fourth-order valence-electron chi connectivity index (χ4n) is 1.82. The number of alkyl halides is 2. The summed E-state index contributed by atoms with van der Waals surface area (Å²) in [6.45, 7) is -2.87. The van der Waals surface area contributed by atoms with Gasteiger partial charge in [-0.2, -0.15) is 8.78 Å². The summed E-state index contributed by atoms with van der Waals surface area (Å²) < 4.78 is 28.9. The SMILES string of the molecule is O=C(CN1CSCC1=O)NCc1ccccc1OC(F)F. The molecule has 0 spiro atoms.